The maximum absolute atomic E-state index is 13.1. The van der Waals surface area contributed by atoms with Crippen LogP contribution in [-0.4, -0.2) is 9.78 Å². The van der Waals surface area contributed by atoms with Gasteiger partial charge < -0.3 is 0 Å². The molecule has 0 fully saturated rings. The molecule has 0 spiro atoms. The van der Waals surface area contributed by atoms with Crippen molar-refractivity contribution in [3.63, 3.8) is 0 Å². The summed E-state index contributed by atoms with van der Waals surface area (Å²) in [4.78, 5) is 0. The SMILES string of the molecule is CCC(C)n1nc(C)c2cc(F)ccc21. The molecule has 3 heteroatoms. The van der Waals surface area contributed by atoms with E-state index >= 15 is 0 Å². The number of fused-ring (bicyclic) bond motifs is 1. The van der Waals surface area contributed by atoms with Crippen LogP contribution >= 0.6 is 0 Å². The van der Waals surface area contributed by atoms with Crippen molar-refractivity contribution in [3.8, 4) is 0 Å². The van der Waals surface area contributed by atoms with Crippen molar-refractivity contribution in [2.24, 2.45) is 0 Å². The highest BCUT2D eigenvalue weighted by molar-refractivity contribution is 5.81. The molecule has 0 amide bonds. The number of nitrogens with zero attached hydrogens (tertiary/aromatic N) is 2. The van der Waals surface area contributed by atoms with Gasteiger partial charge >= 0.3 is 0 Å². The molecule has 0 bridgehead atoms. The van der Waals surface area contributed by atoms with Gasteiger partial charge in [0, 0.05) is 11.4 Å². The van der Waals surface area contributed by atoms with E-state index in [2.05, 4.69) is 18.9 Å². The van der Waals surface area contributed by atoms with Gasteiger partial charge in [-0.1, -0.05) is 6.92 Å². The Balaban J connectivity index is 2.68. The molecule has 0 aliphatic rings. The molecule has 15 heavy (non-hydrogen) atoms. The van der Waals surface area contributed by atoms with Crippen LogP contribution in [0.2, 0.25) is 0 Å². The van der Waals surface area contributed by atoms with Gasteiger partial charge in [-0.25, -0.2) is 4.39 Å². The van der Waals surface area contributed by atoms with Crippen molar-refractivity contribution in [2.45, 2.75) is 33.2 Å². The number of hydrogen-bond acceptors (Lipinski definition) is 1. The molecular weight excluding hydrogens is 191 g/mol. The van der Waals surface area contributed by atoms with Gasteiger partial charge in [0.25, 0.3) is 0 Å². The van der Waals surface area contributed by atoms with Gasteiger partial charge in [0.05, 0.1) is 11.2 Å². The fourth-order valence-electron chi connectivity index (χ4n) is 1.78. The normalized spacial score (nSPS) is 13.3. The van der Waals surface area contributed by atoms with E-state index in [0.29, 0.717) is 6.04 Å². The molecule has 0 radical (unpaired) electrons. The van der Waals surface area contributed by atoms with Gasteiger partial charge in [0.2, 0.25) is 0 Å². The van der Waals surface area contributed by atoms with Crippen LogP contribution in [0.25, 0.3) is 10.9 Å². The lowest BCUT2D eigenvalue weighted by Gasteiger charge is -2.10. The highest BCUT2D eigenvalue weighted by Gasteiger charge is 2.11. The summed E-state index contributed by atoms with van der Waals surface area (Å²) < 4.78 is 15.0. The van der Waals surface area contributed by atoms with Crippen molar-refractivity contribution >= 4 is 10.9 Å². The summed E-state index contributed by atoms with van der Waals surface area (Å²) in [5, 5.41) is 5.36. The number of benzene rings is 1. The van der Waals surface area contributed by atoms with Crippen molar-refractivity contribution < 1.29 is 4.39 Å². The molecular formula is C12H15FN2. The summed E-state index contributed by atoms with van der Waals surface area (Å²) in [6, 6.07) is 5.20. The second-order valence-electron chi connectivity index (χ2n) is 3.95. The molecule has 2 rings (SSSR count). The zero-order valence-electron chi connectivity index (χ0n) is 9.29. The minimum Gasteiger partial charge on any atom is -0.262 e. The Morgan fingerprint density at radius 3 is 2.87 bits per heavy atom. The summed E-state index contributed by atoms with van der Waals surface area (Å²) >= 11 is 0. The second kappa shape index (κ2) is 3.65. The number of halogens is 1. The Hall–Kier alpha value is -1.38. The van der Waals surface area contributed by atoms with Crippen LogP contribution in [0.5, 0.6) is 0 Å². The second-order valence-corrected chi connectivity index (χ2v) is 3.95. The van der Waals surface area contributed by atoms with E-state index < -0.39 is 0 Å². The quantitative estimate of drug-likeness (QED) is 0.735. The van der Waals surface area contributed by atoms with E-state index in [1.165, 1.54) is 6.07 Å². The fourth-order valence-corrected chi connectivity index (χ4v) is 1.78. The molecule has 2 nitrogen and oxygen atoms in total. The highest BCUT2D eigenvalue weighted by Crippen LogP contribution is 2.23. The molecule has 0 saturated carbocycles. The van der Waals surface area contributed by atoms with Crippen LogP contribution in [0.15, 0.2) is 18.2 Å². The van der Waals surface area contributed by atoms with Gasteiger partial charge in [0.15, 0.2) is 0 Å². The summed E-state index contributed by atoms with van der Waals surface area (Å²) in [5.74, 6) is -0.200. The minimum absolute atomic E-state index is 0.200. The van der Waals surface area contributed by atoms with E-state index in [4.69, 9.17) is 0 Å². The first-order chi connectivity index (χ1) is 7.13. The van der Waals surface area contributed by atoms with Crippen LogP contribution in [0, 0.1) is 12.7 Å². The van der Waals surface area contributed by atoms with Crippen molar-refractivity contribution in [1.82, 2.24) is 9.78 Å². The average Bonchev–Trinajstić information content (AvgIpc) is 2.55. The third-order valence-corrected chi connectivity index (χ3v) is 2.86. The van der Waals surface area contributed by atoms with Crippen molar-refractivity contribution in [2.75, 3.05) is 0 Å². The maximum Gasteiger partial charge on any atom is 0.124 e. The number of aromatic nitrogens is 2. The first kappa shape index (κ1) is 10.1. The topological polar surface area (TPSA) is 17.8 Å². The number of aryl methyl sites for hydroxylation is 1. The predicted octanol–water partition coefficient (Wildman–Crippen LogP) is 3.45. The third kappa shape index (κ3) is 1.62. The fraction of sp³-hybridized carbons (Fsp3) is 0.417. The Morgan fingerprint density at radius 2 is 2.20 bits per heavy atom. The standard InChI is InChI=1S/C12H15FN2/c1-4-8(2)15-12-6-5-10(13)7-11(12)9(3)14-15/h5-8H,4H2,1-3H3. The zero-order chi connectivity index (χ0) is 11.0. The smallest absolute Gasteiger partial charge is 0.124 e. The first-order valence-electron chi connectivity index (χ1n) is 5.28. The number of hydrogen-bond donors (Lipinski definition) is 0. The van der Waals surface area contributed by atoms with Gasteiger partial charge in [-0.2, -0.15) is 5.10 Å². The number of rotatable bonds is 2. The van der Waals surface area contributed by atoms with Crippen molar-refractivity contribution in [3.05, 3.63) is 29.7 Å². The molecule has 1 aromatic heterocycles. The van der Waals surface area contributed by atoms with E-state index in [-0.39, 0.29) is 5.82 Å². The van der Waals surface area contributed by atoms with Gasteiger partial charge in [-0.15, -0.1) is 0 Å². The third-order valence-electron chi connectivity index (χ3n) is 2.86. The van der Waals surface area contributed by atoms with Crippen LogP contribution in [0.1, 0.15) is 32.0 Å². The zero-order valence-corrected chi connectivity index (χ0v) is 9.29. The molecule has 2 aromatic rings. The average molecular weight is 206 g/mol. The van der Waals surface area contributed by atoms with E-state index in [9.17, 15) is 4.39 Å². The molecule has 1 aromatic carbocycles. The Labute approximate surface area is 88.7 Å². The lowest BCUT2D eigenvalue weighted by Crippen LogP contribution is -2.05. The van der Waals surface area contributed by atoms with Gasteiger partial charge in [-0.05, 0) is 38.5 Å². The maximum atomic E-state index is 13.1. The lowest BCUT2D eigenvalue weighted by molar-refractivity contribution is 0.490. The molecule has 1 heterocycles. The predicted molar refractivity (Wildman–Crippen MR) is 59.4 cm³/mol. The molecule has 1 unspecified atom stereocenters. The summed E-state index contributed by atoms with van der Waals surface area (Å²) in [6.45, 7) is 6.16. The van der Waals surface area contributed by atoms with Crippen LogP contribution in [-0.2, 0) is 0 Å². The molecule has 0 aliphatic carbocycles. The minimum atomic E-state index is -0.200. The Bertz CT molecular complexity index is 488. The highest BCUT2D eigenvalue weighted by atomic mass is 19.1. The molecule has 1 atom stereocenters. The van der Waals surface area contributed by atoms with E-state index in [1.54, 1.807) is 12.1 Å². The van der Waals surface area contributed by atoms with E-state index in [1.807, 2.05) is 11.6 Å². The monoisotopic (exact) mass is 206 g/mol. The first-order valence-corrected chi connectivity index (χ1v) is 5.28. The largest absolute Gasteiger partial charge is 0.262 e. The molecule has 0 saturated heterocycles. The lowest BCUT2D eigenvalue weighted by atomic mass is 10.2. The molecule has 0 N–H and O–H groups in total. The molecule has 0 aliphatic heterocycles. The summed E-state index contributed by atoms with van der Waals surface area (Å²) in [6.07, 6.45) is 1.02. The van der Waals surface area contributed by atoms with Gasteiger partial charge in [-0.3, -0.25) is 4.68 Å². The Morgan fingerprint density at radius 1 is 1.47 bits per heavy atom. The summed E-state index contributed by atoms with van der Waals surface area (Å²) in [7, 11) is 0. The van der Waals surface area contributed by atoms with Crippen LogP contribution < -0.4 is 0 Å². The van der Waals surface area contributed by atoms with Crippen molar-refractivity contribution in [1.29, 1.82) is 0 Å². The Kier molecular flexibility index (Phi) is 2.47. The van der Waals surface area contributed by atoms with E-state index in [0.717, 1.165) is 23.0 Å². The van der Waals surface area contributed by atoms with Crippen LogP contribution in [0.3, 0.4) is 0 Å². The summed E-state index contributed by atoms with van der Waals surface area (Å²) in [5.41, 5.74) is 1.91. The molecule has 80 valence electrons. The van der Waals surface area contributed by atoms with Gasteiger partial charge in [0.1, 0.15) is 5.82 Å². The van der Waals surface area contributed by atoms with Crippen LogP contribution in [0.4, 0.5) is 4.39 Å².